The van der Waals surface area contributed by atoms with Crippen molar-refractivity contribution in [3.63, 3.8) is 0 Å². The highest BCUT2D eigenvalue weighted by Crippen LogP contribution is 2.18. The lowest BCUT2D eigenvalue weighted by Crippen LogP contribution is -2.34. The van der Waals surface area contributed by atoms with E-state index in [1.54, 1.807) is 0 Å². The van der Waals surface area contributed by atoms with Crippen LogP contribution in [-0.2, 0) is 0 Å². The van der Waals surface area contributed by atoms with Gasteiger partial charge >= 0.3 is 0 Å². The first-order valence-corrected chi connectivity index (χ1v) is 7.27. The van der Waals surface area contributed by atoms with Gasteiger partial charge in [-0.15, -0.1) is 0 Å². The average Bonchev–Trinajstić information content (AvgIpc) is 2.40. The van der Waals surface area contributed by atoms with Crippen LogP contribution >= 0.6 is 0 Å². The van der Waals surface area contributed by atoms with Crippen LogP contribution in [0, 0.1) is 6.92 Å². The predicted octanol–water partition coefficient (Wildman–Crippen LogP) is 3.74. The van der Waals surface area contributed by atoms with Gasteiger partial charge in [-0.2, -0.15) is 0 Å². The van der Waals surface area contributed by atoms with E-state index in [1.807, 2.05) is 32.0 Å². The van der Waals surface area contributed by atoms with E-state index in [0.717, 1.165) is 42.6 Å². The van der Waals surface area contributed by atoms with Gasteiger partial charge in [-0.05, 0) is 38.8 Å². The van der Waals surface area contributed by atoms with Gasteiger partial charge in [-0.25, -0.2) is 0 Å². The third kappa shape index (κ3) is 4.58. The van der Waals surface area contributed by atoms with Gasteiger partial charge < -0.3 is 10.6 Å². The number of benzene rings is 1. The van der Waals surface area contributed by atoms with Crippen molar-refractivity contribution in [1.29, 1.82) is 0 Å². The molecule has 3 heteroatoms. The van der Waals surface area contributed by atoms with Gasteiger partial charge in [0.05, 0.1) is 5.56 Å². The summed E-state index contributed by atoms with van der Waals surface area (Å²) in [6.45, 7) is 9.12. The Balaban J connectivity index is 2.87. The van der Waals surface area contributed by atoms with Crippen LogP contribution in [0.4, 0.5) is 5.69 Å². The van der Waals surface area contributed by atoms with E-state index in [9.17, 15) is 4.79 Å². The molecular formula is C16H26N2O. The normalized spacial score (nSPS) is 12.0. The Labute approximate surface area is 116 Å². The lowest BCUT2D eigenvalue weighted by molar-refractivity contribution is 0.0934. The maximum Gasteiger partial charge on any atom is 0.253 e. The molecule has 0 fully saturated rings. The molecule has 0 aromatic heterocycles. The number of rotatable bonds is 7. The van der Waals surface area contributed by atoms with Crippen molar-refractivity contribution in [2.75, 3.05) is 11.9 Å². The van der Waals surface area contributed by atoms with Gasteiger partial charge in [0.25, 0.3) is 5.91 Å². The molecule has 106 valence electrons. The number of carbonyl (C=O) groups is 1. The highest BCUT2D eigenvalue weighted by molar-refractivity contribution is 6.00. The maximum atomic E-state index is 12.4. The molecule has 1 aromatic rings. The van der Waals surface area contributed by atoms with Crippen LogP contribution in [0.25, 0.3) is 0 Å². The standard InChI is InChI=1S/C16H26N2O/c1-5-8-13(6-2)18-16(19)14-11-12(4)9-10-15(14)17-7-3/h9-11,13,17H,5-8H2,1-4H3,(H,18,19). The molecule has 1 unspecified atom stereocenters. The van der Waals surface area contributed by atoms with Crippen molar-refractivity contribution in [1.82, 2.24) is 5.32 Å². The van der Waals surface area contributed by atoms with Gasteiger partial charge in [0.1, 0.15) is 0 Å². The SMILES string of the molecule is CCCC(CC)NC(=O)c1cc(C)ccc1NCC. The summed E-state index contributed by atoms with van der Waals surface area (Å²) in [7, 11) is 0. The molecule has 2 N–H and O–H groups in total. The topological polar surface area (TPSA) is 41.1 Å². The zero-order valence-electron chi connectivity index (χ0n) is 12.5. The minimum atomic E-state index is 0.0277. The van der Waals surface area contributed by atoms with Gasteiger partial charge in [-0.1, -0.05) is 31.9 Å². The molecule has 0 aliphatic carbocycles. The molecule has 0 saturated heterocycles. The van der Waals surface area contributed by atoms with Crippen molar-refractivity contribution in [2.45, 2.75) is 53.0 Å². The van der Waals surface area contributed by atoms with Crippen LogP contribution in [-0.4, -0.2) is 18.5 Å². The van der Waals surface area contributed by atoms with Crippen molar-refractivity contribution < 1.29 is 4.79 Å². The summed E-state index contributed by atoms with van der Waals surface area (Å²) in [5, 5.41) is 6.38. The zero-order valence-corrected chi connectivity index (χ0v) is 12.5. The van der Waals surface area contributed by atoms with E-state index >= 15 is 0 Å². The van der Waals surface area contributed by atoms with Gasteiger partial charge in [0.15, 0.2) is 0 Å². The second-order valence-electron chi connectivity index (χ2n) is 4.95. The van der Waals surface area contributed by atoms with Crippen molar-refractivity contribution in [2.24, 2.45) is 0 Å². The van der Waals surface area contributed by atoms with E-state index in [2.05, 4.69) is 24.5 Å². The quantitative estimate of drug-likeness (QED) is 0.786. The number of nitrogens with one attached hydrogen (secondary N) is 2. The number of anilines is 1. The molecule has 0 bridgehead atoms. The number of amides is 1. The van der Waals surface area contributed by atoms with E-state index in [4.69, 9.17) is 0 Å². The molecule has 0 aliphatic heterocycles. The highest BCUT2D eigenvalue weighted by atomic mass is 16.1. The van der Waals surface area contributed by atoms with Gasteiger partial charge in [-0.3, -0.25) is 4.79 Å². The predicted molar refractivity (Wildman–Crippen MR) is 81.8 cm³/mol. The Hall–Kier alpha value is -1.51. The molecule has 1 aromatic carbocycles. The number of hydrogen-bond donors (Lipinski definition) is 2. The van der Waals surface area contributed by atoms with Crippen molar-refractivity contribution in [3.05, 3.63) is 29.3 Å². The van der Waals surface area contributed by atoms with E-state index in [-0.39, 0.29) is 11.9 Å². The average molecular weight is 262 g/mol. The minimum Gasteiger partial charge on any atom is -0.385 e. The second kappa shape index (κ2) is 7.82. The molecule has 19 heavy (non-hydrogen) atoms. The van der Waals surface area contributed by atoms with Crippen LogP contribution in [0.15, 0.2) is 18.2 Å². The first-order valence-electron chi connectivity index (χ1n) is 7.27. The van der Waals surface area contributed by atoms with Crippen LogP contribution in [0.5, 0.6) is 0 Å². The van der Waals surface area contributed by atoms with Crippen LogP contribution in [0.2, 0.25) is 0 Å². The molecule has 1 atom stereocenters. The lowest BCUT2D eigenvalue weighted by atomic mass is 10.1. The molecule has 0 heterocycles. The van der Waals surface area contributed by atoms with Gasteiger partial charge in [0, 0.05) is 18.3 Å². The first kappa shape index (κ1) is 15.5. The lowest BCUT2D eigenvalue weighted by Gasteiger charge is -2.18. The first-order chi connectivity index (χ1) is 9.12. The fraction of sp³-hybridized carbons (Fsp3) is 0.562. The maximum absolute atomic E-state index is 12.4. The fourth-order valence-electron chi connectivity index (χ4n) is 2.18. The molecule has 0 aliphatic rings. The molecule has 0 spiro atoms. The molecule has 0 saturated carbocycles. The van der Waals surface area contributed by atoms with E-state index in [0.29, 0.717) is 0 Å². The zero-order chi connectivity index (χ0) is 14.3. The summed E-state index contributed by atoms with van der Waals surface area (Å²) in [5.41, 5.74) is 2.77. The van der Waals surface area contributed by atoms with Crippen molar-refractivity contribution >= 4 is 11.6 Å². The Kier molecular flexibility index (Phi) is 6.40. The van der Waals surface area contributed by atoms with Crippen molar-refractivity contribution in [3.8, 4) is 0 Å². The molecule has 0 radical (unpaired) electrons. The Bertz CT molecular complexity index is 415. The summed E-state index contributed by atoms with van der Waals surface area (Å²) < 4.78 is 0. The number of hydrogen-bond acceptors (Lipinski definition) is 2. The van der Waals surface area contributed by atoms with Crippen LogP contribution in [0.1, 0.15) is 56.0 Å². The third-order valence-electron chi connectivity index (χ3n) is 3.25. The molecule has 1 rings (SSSR count). The Morgan fingerprint density at radius 3 is 2.58 bits per heavy atom. The molecular weight excluding hydrogens is 236 g/mol. The smallest absolute Gasteiger partial charge is 0.253 e. The van der Waals surface area contributed by atoms with Crippen LogP contribution < -0.4 is 10.6 Å². The monoisotopic (exact) mass is 262 g/mol. The number of carbonyl (C=O) groups excluding carboxylic acids is 1. The summed E-state index contributed by atoms with van der Waals surface area (Å²) in [6, 6.07) is 6.23. The van der Waals surface area contributed by atoms with Crippen LogP contribution in [0.3, 0.4) is 0 Å². The summed E-state index contributed by atoms with van der Waals surface area (Å²) >= 11 is 0. The fourth-order valence-corrected chi connectivity index (χ4v) is 2.18. The minimum absolute atomic E-state index is 0.0277. The number of aryl methyl sites for hydroxylation is 1. The molecule has 1 amide bonds. The van der Waals surface area contributed by atoms with Gasteiger partial charge in [0.2, 0.25) is 0 Å². The third-order valence-corrected chi connectivity index (χ3v) is 3.25. The Morgan fingerprint density at radius 1 is 1.26 bits per heavy atom. The second-order valence-corrected chi connectivity index (χ2v) is 4.95. The highest BCUT2D eigenvalue weighted by Gasteiger charge is 2.14. The largest absolute Gasteiger partial charge is 0.385 e. The molecule has 3 nitrogen and oxygen atoms in total. The van der Waals surface area contributed by atoms with E-state index < -0.39 is 0 Å². The summed E-state index contributed by atoms with van der Waals surface area (Å²) in [6.07, 6.45) is 3.10. The Morgan fingerprint density at radius 2 is 2.00 bits per heavy atom. The summed E-state index contributed by atoms with van der Waals surface area (Å²) in [4.78, 5) is 12.4. The summed E-state index contributed by atoms with van der Waals surface area (Å²) in [5.74, 6) is 0.0277. The van der Waals surface area contributed by atoms with E-state index in [1.165, 1.54) is 0 Å².